The Bertz CT molecular complexity index is 1620. The maximum atomic E-state index is 13.6. The van der Waals surface area contributed by atoms with Crippen LogP contribution in [-0.2, 0) is 32.1 Å². The van der Waals surface area contributed by atoms with E-state index >= 15 is 0 Å². The number of ether oxygens (including phenoxy) is 1. The molecule has 1 saturated heterocycles. The first-order valence-electron chi connectivity index (χ1n) is 16.4. The summed E-state index contributed by atoms with van der Waals surface area (Å²) in [4.78, 5) is 42.0. The molecule has 226 valence electrons. The van der Waals surface area contributed by atoms with Gasteiger partial charge in [-0.3, -0.25) is 19.3 Å². The van der Waals surface area contributed by atoms with Gasteiger partial charge in [0, 0.05) is 24.6 Å². The van der Waals surface area contributed by atoms with Gasteiger partial charge in [0.1, 0.15) is 6.73 Å². The predicted molar refractivity (Wildman–Crippen MR) is 171 cm³/mol. The van der Waals surface area contributed by atoms with Gasteiger partial charge < -0.3 is 9.64 Å². The molecule has 2 unspecified atom stereocenters. The molecule has 6 heteroatoms. The van der Waals surface area contributed by atoms with Crippen molar-refractivity contribution in [3.8, 4) is 0 Å². The van der Waals surface area contributed by atoms with Crippen LogP contribution in [-0.4, -0.2) is 47.8 Å². The van der Waals surface area contributed by atoms with E-state index in [1.54, 1.807) is 4.90 Å². The number of imide groups is 1. The highest BCUT2D eigenvalue weighted by molar-refractivity contribution is 6.16. The van der Waals surface area contributed by atoms with Gasteiger partial charge >= 0.3 is 0 Å². The number of likely N-dealkylation sites (tertiary alicyclic amines) is 1. The number of allylic oxidation sites excluding steroid dienone is 1. The molecule has 2 atom stereocenters. The first-order chi connectivity index (χ1) is 21.1. The molecular formula is C37H44N2O4. The fourth-order valence-electron chi connectivity index (χ4n) is 7.61. The summed E-state index contributed by atoms with van der Waals surface area (Å²) in [7, 11) is 0. The Hall–Kier alpha value is -3.51. The molecule has 3 aromatic rings. The molecule has 0 aromatic heterocycles. The molecule has 0 N–H and O–H groups in total. The van der Waals surface area contributed by atoms with E-state index < -0.39 is 0 Å². The van der Waals surface area contributed by atoms with Crippen LogP contribution in [0.15, 0.2) is 42.0 Å². The lowest BCUT2D eigenvalue weighted by Crippen LogP contribution is -2.52. The molecule has 2 aliphatic carbocycles. The summed E-state index contributed by atoms with van der Waals surface area (Å²) in [5.41, 5.74) is 4.35. The van der Waals surface area contributed by atoms with E-state index in [1.165, 1.54) is 52.5 Å². The monoisotopic (exact) mass is 580 g/mol. The van der Waals surface area contributed by atoms with E-state index in [2.05, 4.69) is 50.3 Å². The number of unbranched alkanes of at least 4 members (excludes halogenated alkanes) is 6. The summed E-state index contributed by atoms with van der Waals surface area (Å²) in [6, 6.07) is 10.8. The molecule has 3 amide bonds. The molecule has 0 saturated carbocycles. The van der Waals surface area contributed by atoms with E-state index in [9.17, 15) is 14.4 Å². The average molecular weight is 581 g/mol. The van der Waals surface area contributed by atoms with Gasteiger partial charge in [0.25, 0.3) is 5.91 Å². The molecule has 0 bridgehead atoms. The van der Waals surface area contributed by atoms with E-state index in [1.807, 2.05) is 6.08 Å². The molecule has 43 heavy (non-hydrogen) atoms. The van der Waals surface area contributed by atoms with E-state index in [4.69, 9.17) is 4.74 Å². The molecule has 6 nitrogen and oxygen atoms in total. The lowest BCUT2D eigenvalue weighted by Gasteiger charge is -2.43. The largest absolute Gasteiger partial charge is 0.356 e. The Morgan fingerprint density at radius 2 is 1.72 bits per heavy atom. The van der Waals surface area contributed by atoms with Crippen molar-refractivity contribution in [3.05, 3.63) is 63.9 Å². The van der Waals surface area contributed by atoms with Crippen LogP contribution in [0.3, 0.4) is 0 Å². The quantitative estimate of drug-likeness (QED) is 0.0886. The number of hydrogen-bond acceptors (Lipinski definition) is 4. The van der Waals surface area contributed by atoms with Crippen LogP contribution in [0.25, 0.3) is 27.6 Å². The Labute approximate surface area is 254 Å². The number of nitrogens with zero attached hydrogens (tertiary/aromatic N) is 2. The summed E-state index contributed by atoms with van der Waals surface area (Å²) in [5, 5.41) is 5.91. The first kappa shape index (κ1) is 29.6. The van der Waals surface area contributed by atoms with Gasteiger partial charge in [0.05, 0.1) is 12.5 Å². The lowest BCUT2D eigenvalue weighted by atomic mass is 9.65. The molecule has 6 rings (SSSR count). The summed E-state index contributed by atoms with van der Waals surface area (Å²) in [6.45, 7) is 6.26. The van der Waals surface area contributed by atoms with Crippen LogP contribution in [0.5, 0.6) is 0 Å². The summed E-state index contributed by atoms with van der Waals surface area (Å²) >= 11 is 0. The number of rotatable bonds is 15. The highest BCUT2D eigenvalue weighted by Crippen LogP contribution is 2.48. The van der Waals surface area contributed by atoms with Crippen molar-refractivity contribution in [2.45, 2.75) is 90.6 Å². The maximum Gasteiger partial charge on any atom is 0.257 e. The highest BCUT2D eigenvalue weighted by Gasteiger charge is 2.48. The summed E-state index contributed by atoms with van der Waals surface area (Å²) in [6.07, 6.45) is 15.5. The Morgan fingerprint density at radius 3 is 2.53 bits per heavy atom. The van der Waals surface area contributed by atoms with Gasteiger partial charge in [-0.05, 0) is 69.1 Å². The van der Waals surface area contributed by atoms with Gasteiger partial charge in [0.15, 0.2) is 0 Å². The second-order valence-electron chi connectivity index (χ2n) is 12.5. The summed E-state index contributed by atoms with van der Waals surface area (Å²) in [5.74, 6) is -0.435. The van der Waals surface area contributed by atoms with Crippen molar-refractivity contribution in [3.63, 3.8) is 0 Å². The molecule has 1 heterocycles. The zero-order valence-corrected chi connectivity index (χ0v) is 25.7. The minimum Gasteiger partial charge on any atom is -0.356 e. The number of carbonyl (C=O) groups is 3. The topological polar surface area (TPSA) is 66.9 Å². The Morgan fingerprint density at radius 1 is 0.930 bits per heavy atom. The second-order valence-corrected chi connectivity index (χ2v) is 12.5. The van der Waals surface area contributed by atoms with Crippen molar-refractivity contribution in [2.24, 2.45) is 5.92 Å². The van der Waals surface area contributed by atoms with Crippen molar-refractivity contribution >= 4 is 45.8 Å². The van der Waals surface area contributed by atoms with Gasteiger partial charge in [0.2, 0.25) is 12.3 Å². The van der Waals surface area contributed by atoms with Crippen LogP contribution in [0.4, 0.5) is 0 Å². The fourth-order valence-corrected chi connectivity index (χ4v) is 7.61. The molecule has 3 aromatic carbocycles. The zero-order valence-electron chi connectivity index (χ0n) is 25.7. The lowest BCUT2D eigenvalue weighted by molar-refractivity contribution is -0.149. The van der Waals surface area contributed by atoms with Crippen LogP contribution < -0.4 is 5.22 Å². The number of carbonyl (C=O) groups excluding carboxylic acids is 3. The average Bonchev–Trinajstić information content (AvgIpc) is 3.03. The van der Waals surface area contributed by atoms with Gasteiger partial charge in [-0.1, -0.05) is 94.9 Å². The minimum atomic E-state index is -0.172. The van der Waals surface area contributed by atoms with Crippen molar-refractivity contribution < 1.29 is 19.1 Å². The van der Waals surface area contributed by atoms with Gasteiger partial charge in [-0.25, -0.2) is 0 Å². The third-order valence-electron chi connectivity index (χ3n) is 9.82. The fraction of sp³-hybridized carbons (Fsp3) is 0.486. The molecule has 0 radical (unpaired) electrons. The smallest absolute Gasteiger partial charge is 0.257 e. The molecule has 0 spiro atoms. The van der Waals surface area contributed by atoms with E-state index in [-0.39, 0.29) is 30.4 Å². The number of amides is 3. The second kappa shape index (κ2) is 13.0. The van der Waals surface area contributed by atoms with Crippen LogP contribution >= 0.6 is 0 Å². The molecule has 1 fully saturated rings. The summed E-state index contributed by atoms with van der Waals surface area (Å²) < 4.78 is 6.09. The molecule has 3 aliphatic rings. The number of hydrogen-bond donors (Lipinski definition) is 0. The standard InChI is InChI=1S/C37H44N2O4/c1-3-5-7-8-9-10-20-38(23-40)24-43-22-25-14-15-28-30-17-19-32-35-31(36(41)39(37(32)42)21-6-4-2)18-16-29(34(30)35)27-13-11-12-26(25)33(27)28/h11-16,18,23,32,35H,3-10,17,19-22,24H2,1-2H3. The van der Waals surface area contributed by atoms with Gasteiger partial charge in [-0.15, -0.1) is 0 Å². The number of fused-ring (bicyclic) bond motifs is 2. The first-order valence-corrected chi connectivity index (χ1v) is 16.4. The zero-order chi connectivity index (χ0) is 29.9. The number of aryl methyl sites for hydroxylation is 1. The van der Waals surface area contributed by atoms with Crippen LogP contribution in [0, 0.1) is 5.92 Å². The van der Waals surface area contributed by atoms with E-state index in [0.29, 0.717) is 13.2 Å². The molecular weight excluding hydrogens is 536 g/mol. The van der Waals surface area contributed by atoms with Crippen LogP contribution in [0.2, 0.25) is 0 Å². The third-order valence-corrected chi connectivity index (χ3v) is 9.82. The SMILES string of the molecule is CCCCCCCCN(C=O)COCc1ccc2c3c4c(c5cccc1c25)=CC=C1C(=O)N(CCCC)C(=O)C(CC3)C14. The maximum absolute atomic E-state index is 13.6. The van der Waals surface area contributed by atoms with Crippen molar-refractivity contribution in [1.82, 2.24) is 9.80 Å². The number of piperidine rings is 1. The third kappa shape index (κ3) is 5.39. The minimum absolute atomic E-state index is 0.00534. The van der Waals surface area contributed by atoms with Gasteiger partial charge in [-0.2, -0.15) is 0 Å². The van der Waals surface area contributed by atoms with Crippen LogP contribution in [0.1, 0.15) is 94.2 Å². The predicted octanol–water partition coefficient (Wildman–Crippen LogP) is 6.54. The Balaban J connectivity index is 1.27. The molecule has 1 aliphatic heterocycles. The normalized spacial score (nSPS) is 19.0. The number of benzene rings is 3. The Kier molecular flexibility index (Phi) is 8.94. The van der Waals surface area contributed by atoms with Crippen molar-refractivity contribution in [2.75, 3.05) is 19.8 Å². The highest BCUT2D eigenvalue weighted by atomic mass is 16.5. The van der Waals surface area contributed by atoms with Crippen molar-refractivity contribution in [1.29, 1.82) is 0 Å². The van der Waals surface area contributed by atoms with E-state index in [0.717, 1.165) is 78.6 Å².